The van der Waals surface area contributed by atoms with E-state index in [0.717, 1.165) is 44.9 Å². The molecular formula is C33H50O. The summed E-state index contributed by atoms with van der Waals surface area (Å²) in [7, 11) is 0. The molecule has 0 amide bonds. The predicted octanol–water partition coefficient (Wildman–Crippen LogP) is 11.0. The van der Waals surface area contributed by atoms with Gasteiger partial charge < -0.3 is 4.42 Å². The van der Waals surface area contributed by atoms with Gasteiger partial charge in [-0.15, -0.1) is 0 Å². The molecule has 0 fully saturated rings. The van der Waals surface area contributed by atoms with Crippen molar-refractivity contribution in [3.63, 3.8) is 0 Å². The highest BCUT2D eigenvalue weighted by Gasteiger charge is 1.96. The van der Waals surface area contributed by atoms with E-state index < -0.39 is 0 Å². The van der Waals surface area contributed by atoms with Gasteiger partial charge in [0.1, 0.15) is 0 Å². The quantitative estimate of drug-likeness (QED) is 0.176. The molecule has 1 heterocycles. The lowest BCUT2D eigenvalue weighted by Gasteiger charge is -2.03. The molecule has 1 nitrogen and oxygen atoms in total. The molecule has 1 aromatic rings. The molecule has 0 aliphatic carbocycles. The number of rotatable bonds is 16. The molecule has 0 spiro atoms. The van der Waals surface area contributed by atoms with Gasteiger partial charge in [-0.05, 0) is 124 Å². The summed E-state index contributed by atoms with van der Waals surface area (Å²) in [5, 5.41) is 0. The fourth-order valence-corrected chi connectivity index (χ4v) is 4.01. The van der Waals surface area contributed by atoms with E-state index in [9.17, 15) is 0 Å². The summed E-state index contributed by atoms with van der Waals surface area (Å²) in [5.41, 5.74) is 10.1. The van der Waals surface area contributed by atoms with Crippen LogP contribution in [0.1, 0.15) is 112 Å². The Hall–Kier alpha value is -2.28. The molecule has 0 saturated heterocycles. The van der Waals surface area contributed by atoms with Gasteiger partial charge >= 0.3 is 0 Å². The summed E-state index contributed by atoms with van der Waals surface area (Å²) in [5.74, 6) is 0. The first-order valence-electron chi connectivity index (χ1n) is 13.2. The number of allylic oxidation sites excluding steroid dienone is 12. The zero-order valence-electron chi connectivity index (χ0n) is 23.2. The van der Waals surface area contributed by atoms with Crippen LogP contribution in [0.2, 0.25) is 0 Å². The smallest absolute Gasteiger partial charge is 0.0934 e. The van der Waals surface area contributed by atoms with Crippen molar-refractivity contribution in [1.29, 1.82) is 0 Å². The van der Waals surface area contributed by atoms with Gasteiger partial charge in [0.2, 0.25) is 0 Å². The van der Waals surface area contributed by atoms with E-state index in [1.165, 1.54) is 58.3 Å². The Morgan fingerprint density at radius 2 is 1.06 bits per heavy atom. The lowest BCUT2D eigenvalue weighted by atomic mass is 10.0. The Morgan fingerprint density at radius 1 is 0.618 bits per heavy atom. The number of furan rings is 1. The first-order chi connectivity index (χ1) is 16.3. The van der Waals surface area contributed by atoms with Crippen LogP contribution >= 0.6 is 0 Å². The van der Waals surface area contributed by atoms with Crippen LogP contribution in [0.3, 0.4) is 0 Å². The highest BCUT2D eigenvalue weighted by atomic mass is 16.3. The minimum absolute atomic E-state index is 1.07. The topological polar surface area (TPSA) is 13.1 Å². The average molecular weight is 463 g/mol. The van der Waals surface area contributed by atoms with Crippen molar-refractivity contribution in [3.8, 4) is 0 Å². The van der Waals surface area contributed by atoms with Crippen molar-refractivity contribution in [1.82, 2.24) is 0 Å². The third-order valence-corrected chi connectivity index (χ3v) is 6.12. The van der Waals surface area contributed by atoms with E-state index in [1.807, 2.05) is 6.26 Å². The summed E-state index contributed by atoms with van der Waals surface area (Å²) < 4.78 is 5.13. The molecule has 0 saturated carbocycles. The van der Waals surface area contributed by atoms with E-state index in [1.54, 1.807) is 6.26 Å². The molecule has 1 rings (SSSR count). The zero-order chi connectivity index (χ0) is 25.2. The van der Waals surface area contributed by atoms with Gasteiger partial charge in [0.05, 0.1) is 12.5 Å². The van der Waals surface area contributed by atoms with Crippen molar-refractivity contribution in [2.24, 2.45) is 0 Å². The molecule has 1 aromatic heterocycles. The molecule has 0 atom stereocenters. The molecule has 34 heavy (non-hydrogen) atoms. The van der Waals surface area contributed by atoms with E-state index in [0.29, 0.717) is 0 Å². The Kier molecular flexibility index (Phi) is 15.8. The standard InChI is InChI=1S/C33H50O/c1-27(2)25-32(7)21-11-19-30(5)17-9-15-28(3)13-8-14-29(4)16-10-18-31(6)20-12-22-33-23-24-34-26-33/h13,16-17,20-21,23-26H,8-12,14-15,18-19,22H2,1-7H3/b28-13+,29-16+,30-17+,31-20+,32-21+. The van der Waals surface area contributed by atoms with Gasteiger partial charge in [0, 0.05) is 0 Å². The van der Waals surface area contributed by atoms with E-state index in [-0.39, 0.29) is 0 Å². The molecule has 0 unspecified atom stereocenters. The maximum Gasteiger partial charge on any atom is 0.0934 e. The average Bonchev–Trinajstić information content (AvgIpc) is 3.26. The second kappa shape index (κ2) is 18.1. The molecule has 0 radical (unpaired) electrons. The van der Waals surface area contributed by atoms with Crippen LogP contribution in [-0.2, 0) is 6.42 Å². The second-order valence-electron chi connectivity index (χ2n) is 10.2. The molecule has 0 bridgehead atoms. The third-order valence-electron chi connectivity index (χ3n) is 6.12. The van der Waals surface area contributed by atoms with Crippen LogP contribution in [0.4, 0.5) is 0 Å². The highest BCUT2D eigenvalue weighted by molar-refractivity contribution is 5.20. The summed E-state index contributed by atoms with van der Waals surface area (Å²) in [6.45, 7) is 15.6. The van der Waals surface area contributed by atoms with Gasteiger partial charge in [0.25, 0.3) is 0 Å². The van der Waals surface area contributed by atoms with Crippen molar-refractivity contribution >= 4 is 0 Å². The molecular weight excluding hydrogens is 412 g/mol. The van der Waals surface area contributed by atoms with Crippen LogP contribution in [0, 0.1) is 0 Å². The van der Waals surface area contributed by atoms with E-state index in [2.05, 4.69) is 91.0 Å². The Balaban J connectivity index is 2.21. The zero-order valence-corrected chi connectivity index (χ0v) is 23.2. The van der Waals surface area contributed by atoms with Crippen LogP contribution in [-0.4, -0.2) is 0 Å². The van der Waals surface area contributed by atoms with Crippen molar-refractivity contribution in [2.45, 2.75) is 113 Å². The van der Waals surface area contributed by atoms with Gasteiger partial charge in [-0.2, -0.15) is 0 Å². The Morgan fingerprint density at radius 3 is 1.47 bits per heavy atom. The summed E-state index contributed by atoms with van der Waals surface area (Å²) in [6.07, 6.45) is 29.3. The van der Waals surface area contributed by atoms with Crippen LogP contribution in [0.5, 0.6) is 0 Å². The molecule has 188 valence electrons. The normalized spacial score (nSPS) is 14.0. The maximum atomic E-state index is 5.13. The number of hydrogen-bond donors (Lipinski definition) is 0. The fourth-order valence-electron chi connectivity index (χ4n) is 4.01. The monoisotopic (exact) mass is 462 g/mol. The Labute approximate surface area is 211 Å². The first kappa shape index (κ1) is 29.8. The highest BCUT2D eigenvalue weighted by Crippen LogP contribution is 2.15. The second-order valence-corrected chi connectivity index (χ2v) is 10.2. The molecule has 0 aliphatic heterocycles. The molecule has 0 aromatic carbocycles. The molecule has 0 N–H and O–H groups in total. The van der Waals surface area contributed by atoms with Crippen molar-refractivity contribution < 1.29 is 4.42 Å². The molecule has 0 aliphatic rings. The van der Waals surface area contributed by atoms with Crippen LogP contribution < -0.4 is 0 Å². The minimum atomic E-state index is 1.07. The Bertz CT molecular complexity index is 862. The van der Waals surface area contributed by atoms with Crippen molar-refractivity contribution in [2.75, 3.05) is 0 Å². The largest absolute Gasteiger partial charge is 0.472 e. The molecule has 1 heteroatoms. The number of hydrogen-bond acceptors (Lipinski definition) is 1. The van der Waals surface area contributed by atoms with Gasteiger partial charge in [0.15, 0.2) is 0 Å². The first-order valence-corrected chi connectivity index (χ1v) is 13.2. The lowest BCUT2D eigenvalue weighted by molar-refractivity contribution is 0.564. The van der Waals surface area contributed by atoms with Crippen LogP contribution in [0.25, 0.3) is 0 Å². The lowest BCUT2D eigenvalue weighted by Crippen LogP contribution is -1.84. The number of aryl methyl sites for hydroxylation is 1. The summed E-state index contributed by atoms with van der Waals surface area (Å²) in [6, 6.07) is 2.05. The third kappa shape index (κ3) is 16.4. The fraction of sp³-hybridized carbons (Fsp3) is 0.515. The van der Waals surface area contributed by atoms with E-state index in [4.69, 9.17) is 4.42 Å². The van der Waals surface area contributed by atoms with E-state index >= 15 is 0 Å². The summed E-state index contributed by atoms with van der Waals surface area (Å²) in [4.78, 5) is 0. The van der Waals surface area contributed by atoms with Gasteiger partial charge in [-0.25, -0.2) is 0 Å². The van der Waals surface area contributed by atoms with Gasteiger partial charge in [-0.3, -0.25) is 0 Å². The SMILES string of the molecule is CC(C)=C/C(C)=C/CC/C(C)=C/CC/C(C)=C/CC/C(C)=C/CC/C(C)=C/CCc1ccoc1. The predicted molar refractivity (Wildman–Crippen MR) is 152 cm³/mol. The van der Waals surface area contributed by atoms with Crippen LogP contribution in [0.15, 0.2) is 92.9 Å². The van der Waals surface area contributed by atoms with Crippen molar-refractivity contribution in [3.05, 3.63) is 94.1 Å². The maximum absolute atomic E-state index is 5.13. The minimum Gasteiger partial charge on any atom is -0.472 e. The van der Waals surface area contributed by atoms with Gasteiger partial charge in [-0.1, -0.05) is 69.9 Å². The summed E-state index contributed by atoms with van der Waals surface area (Å²) >= 11 is 0.